The van der Waals surface area contributed by atoms with E-state index in [0.717, 1.165) is 44.1 Å². The summed E-state index contributed by atoms with van der Waals surface area (Å²) in [6.45, 7) is 8.80. The van der Waals surface area contributed by atoms with Crippen molar-refractivity contribution in [3.05, 3.63) is 22.4 Å². The van der Waals surface area contributed by atoms with Gasteiger partial charge in [0.25, 0.3) is 5.91 Å². The van der Waals surface area contributed by atoms with Crippen LogP contribution < -0.4 is 5.32 Å². The highest BCUT2D eigenvalue weighted by atomic mass is 32.1. The third-order valence-corrected chi connectivity index (χ3v) is 6.47. The standard InChI is InChI=1S/C18H29N3OS/c1-2-20-10-12-21(13-11-20)18(8-4-3-5-9-18)15-19-17(22)16-7-6-14-23-16/h6-7,14H,2-5,8-13,15H2,1H3,(H,19,22). The van der Waals surface area contributed by atoms with E-state index in [1.165, 1.54) is 43.4 Å². The number of nitrogens with zero attached hydrogens (tertiary/aromatic N) is 2. The number of nitrogens with one attached hydrogen (secondary N) is 1. The first-order valence-corrected chi connectivity index (χ1v) is 9.91. The minimum atomic E-state index is 0.0946. The van der Waals surface area contributed by atoms with Gasteiger partial charge in [-0.05, 0) is 30.8 Å². The summed E-state index contributed by atoms with van der Waals surface area (Å²) in [6, 6.07) is 3.85. The number of rotatable bonds is 5. The highest BCUT2D eigenvalue weighted by Crippen LogP contribution is 2.34. The van der Waals surface area contributed by atoms with Crippen LogP contribution in [0.5, 0.6) is 0 Å². The number of carbonyl (C=O) groups is 1. The van der Waals surface area contributed by atoms with Gasteiger partial charge in [0.05, 0.1) is 4.88 Å². The number of hydrogen-bond acceptors (Lipinski definition) is 4. The molecular weight excluding hydrogens is 306 g/mol. The lowest BCUT2D eigenvalue weighted by Crippen LogP contribution is -2.61. The molecule has 1 aromatic heterocycles. The van der Waals surface area contributed by atoms with Gasteiger partial charge in [-0.25, -0.2) is 0 Å². The van der Waals surface area contributed by atoms with Gasteiger partial charge in [-0.3, -0.25) is 9.69 Å². The second kappa shape index (κ2) is 7.77. The SMILES string of the molecule is CCN1CCN(C2(CNC(=O)c3cccs3)CCCCC2)CC1. The molecule has 2 heterocycles. The van der Waals surface area contributed by atoms with E-state index >= 15 is 0 Å². The van der Waals surface area contributed by atoms with Crippen LogP contribution in [0.25, 0.3) is 0 Å². The van der Waals surface area contributed by atoms with Crippen LogP contribution in [0.15, 0.2) is 17.5 Å². The minimum absolute atomic E-state index is 0.0946. The van der Waals surface area contributed by atoms with Crippen molar-refractivity contribution < 1.29 is 4.79 Å². The van der Waals surface area contributed by atoms with Crippen LogP contribution in [0.4, 0.5) is 0 Å². The first kappa shape index (κ1) is 16.9. The molecule has 0 radical (unpaired) electrons. The maximum absolute atomic E-state index is 12.3. The third-order valence-electron chi connectivity index (χ3n) is 5.60. The molecular formula is C18H29N3OS. The average Bonchev–Trinajstić information content (AvgIpc) is 3.15. The molecule has 5 heteroatoms. The Morgan fingerprint density at radius 1 is 1.22 bits per heavy atom. The molecule has 0 spiro atoms. The molecule has 1 aliphatic carbocycles. The Bertz CT molecular complexity index is 488. The molecule has 3 rings (SSSR count). The van der Waals surface area contributed by atoms with Gasteiger partial charge in [-0.2, -0.15) is 0 Å². The monoisotopic (exact) mass is 335 g/mol. The third kappa shape index (κ3) is 3.95. The minimum Gasteiger partial charge on any atom is -0.349 e. The molecule has 1 saturated carbocycles. The fourth-order valence-corrected chi connectivity index (χ4v) is 4.73. The Balaban J connectivity index is 1.63. The maximum atomic E-state index is 12.3. The average molecular weight is 336 g/mol. The van der Waals surface area contributed by atoms with Crippen LogP contribution in [0.3, 0.4) is 0 Å². The lowest BCUT2D eigenvalue weighted by molar-refractivity contribution is 0.00927. The summed E-state index contributed by atoms with van der Waals surface area (Å²) in [5.41, 5.74) is 0.186. The summed E-state index contributed by atoms with van der Waals surface area (Å²) >= 11 is 1.52. The largest absolute Gasteiger partial charge is 0.349 e. The number of piperazine rings is 1. The topological polar surface area (TPSA) is 35.6 Å². The highest BCUT2D eigenvalue weighted by molar-refractivity contribution is 7.12. The van der Waals surface area contributed by atoms with Crippen molar-refractivity contribution in [1.82, 2.24) is 15.1 Å². The van der Waals surface area contributed by atoms with Gasteiger partial charge in [-0.15, -0.1) is 11.3 Å². The summed E-state index contributed by atoms with van der Waals surface area (Å²) in [5.74, 6) is 0.0946. The molecule has 1 amide bonds. The van der Waals surface area contributed by atoms with Crippen molar-refractivity contribution in [3.8, 4) is 0 Å². The Morgan fingerprint density at radius 2 is 1.96 bits per heavy atom. The molecule has 1 aromatic rings. The van der Waals surface area contributed by atoms with Gasteiger partial charge >= 0.3 is 0 Å². The highest BCUT2D eigenvalue weighted by Gasteiger charge is 2.39. The molecule has 1 N–H and O–H groups in total. The molecule has 128 valence electrons. The molecule has 1 saturated heterocycles. The van der Waals surface area contributed by atoms with Crippen molar-refractivity contribution in [2.75, 3.05) is 39.3 Å². The Hall–Kier alpha value is -0.910. The van der Waals surface area contributed by atoms with Crippen LogP contribution in [-0.4, -0.2) is 60.5 Å². The Labute approximate surface area is 143 Å². The predicted octanol–water partition coefficient (Wildman–Crippen LogP) is 2.82. The normalized spacial score (nSPS) is 22.8. The summed E-state index contributed by atoms with van der Waals surface area (Å²) in [4.78, 5) is 18.4. The van der Waals surface area contributed by atoms with Crippen molar-refractivity contribution in [2.24, 2.45) is 0 Å². The Kier molecular flexibility index (Phi) is 5.72. The molecule has 4 nitrogen and oxygen atoms in total. The lowest BCUT2D eigenvalue weighted by atomic mass is 9.79. The van der Waals surface area contributed by atoms with Crippen LogP contribution in [-0.2, 0) is 0 Å². The second-order valence-electron chi connectivity index (χ2n) is 6.87. The predicted molar refractivity (Wildman–Crippen MR) is 96.2 cm³/mol. The summed E-state index contributed by atoms with van der Waals surface area (Å²) in [7, 11) is 0. The van der Waals surface area contributed by atoms with E-state index in [1.54, 1.807) is 0 Å². The van der Waals surface area contributed by atoms with E-state index in [2.05, 4.69) is 22.0 Å². The van der Waals surface area contributed by atoms with E-state index in [1.807, 2.05) is 17.5 Å². The molecule has 0 aromatic carbocycles. The van der Waals surface area contributed by atoms with E-state index in [9.17, 15) is 4.79 Å². The molecule has 0 bridgehead atoms. The zero-order chi connectivity index (χ0) is 16.1. The summed E-state index contributed by atoms with van der Waals surface area (Å²) in [5, 5.41) is 5.20. The first-order chi connectivity index (χ1) is 11.2. The number of amides is 1. The van der Waals surface area contributed by atoms with E-state index in [-0.39, 0.29) is 11.4 Å². The van der Waals surface area contributed by atoms with Crippen molar-refractivity contribution >= 4 is 17.2 Å². The second-order valence-corrected chi connectivity index (χ2v) is 7.81. The van der Waals surface area contributed by atoms with Gasteiger partial charge in [0, 0.05) is 38.3 Å². The molecule has 2 aliphatic rings. The summed E-state index contributed by atoms with van der Waals surface area (Å²) in [6.07, 6.45) is 6.38. The number of hydrogen-bond donors (Lipinski definition) is 1. The van der Waals surface area contributed by atoms with Crippen molar-refractivity contribution in [3.63, 3.8) is 0 Å². The van der Waals surface area contributed by atoms with Crippen molar-refractivity contribution in [2.45, 2.75) is 44.6 Å². The molecule has 0 atom stereocenters. The molecule has 0 unspecified atom stereocenters. The van der Waals surface area contributed by atoms with Gasteiger partial charge in [-0.1, -0.05) is 32.3 Å². The van der Waals surface area contributed by atoms with Gasteiger partial charge < -0.3 is 10.2 Å². The first-order valence-electron chi connectivity index (χ1n) is 9.03. The van der Waals surface area contributed by atoms with Crippen LogP contribution >= 0.6 is 11.3 Å². The number of thiophene rings is 1. The fourth-order valence-electron chi connectivity index (χ4n) is 4.09. The fraction of sp³-hybridized carbons (Fsp3) is 0.722. The van der Waals surface area contributed by atoms with Gasteiger partial charge in [0.2, 0.25) is 0 Å². The zero-order valence-electron chi connectivity index (χ0n) is 14.2. The maximum Gasteiger partial charge on any atom is 0.261 e. The number of likely N-dealkylation sites (N-methyl/N-ethyl adjacent to an activating group) is 1. The van der Waals surface area contributed by atoms with E-state index in [0.29, 0.717) is 0 Å². The van der Waals surface area contributed by atoms with Crippen LogP contribution in [0, 0.1) is 0 Å². The van der Waals surface area contributed by atoms with E-state index < -0.39 is 0 Å². The van der Waals surface area contributed by atoms with Crippen molar-refractivity contribution in [1.29, 1.82) is 0 Å². The van der Waals surface area contributed by atoms with Crippen LogP contribution in [0.2, 0.25) is 0 Å². The Morgan fingerprint density at radius 3 is 2.57 bits per heavy atom. The van der Waals surface area contributed by atoms with Gasteiger partial charge in [0.1, 0.15) is 0 Å². The number of carbonyl (C=O) groups excluding carboxylic acids is 1. The van der Waals surface area contributed by atoms with Gasteiger partial charge in [0.15, 0.2) is 0 Å². The lowest BCUT2D eigenvalue weighted by Gasteiger charge is -2.50. The molecule has 1 aliphatic heterocycles. The van der Waals surface area contributed by atoms with Crippen LogP contribution in [0.1, 0.15) is 48.7 Å². The summed E-state index contributed by atoms with van der Waals surface area (Å²) < 4.78 is 0. The van der Waals surface area contributed by atoms with E-state index in [4.69, 9.17) is 0 Å². The molecule has 23 heavy (non-hydrogen) atoms. The quantitative estimate of drug-likeness (QED) is 0.899. The molecule has 2 fully saturated rings. The smallest absolute Gasteiger partial charge is 0.261 e. The zero-order valence-corrected chi connectivity index (χ0v) is 15.0.